The number of hydrogen-bond acceptors (Lipinski definition) is 5. The van der Waals surface area contributed by atoms with Crippen molar-refractivity contribution < 1.29 is 9.53 Å². The SMILES string of the molecule is COc1ccc(CNC(=O)c2nc(N3CCCC3)c3ccccc3n2)cc1. The van der Waals surface area contributed by atoms with Gasteiger partial charge in [0, 0.05) is 25.0 Å². The second kappa shape index (κ2) is 7.61. The van der Waals surface area contributed by atoms with Gasteiger partial charge < -0.3 is 15.0 Å². The van der Waals surface area contributed by atoms with Gasteiger partial charge in [0.25, 0.3) is 5.91 Å². The molecular weight excluding hydrogens is 340 g/mol. The van der Waals surface area contributed by atoms with Crippen LogP contribution in [0.2, 0.25) is 0 Å². The van der Waals surface area contributed by atoms with Crippen molar-refractivity contribution in [3.05, 3.63) is 59.9 Å². The van der Waals surface area contributed by atoms with Crippen molar-refractivity contribution in [2.75, 3.05) is 25.1 Å². The lowest BCUT2D eigenvalue weighted by Gasteiger charge is -2.19. The van der Waals surface area contributed by atoms with Gasteiger partial charge in [0.05, 0.1) is 12.6 Å². The fourth-order valence-corrected chi connectivity index (χ4v) is 3.34. The summed E-state index contributed by atoms with van der Waals surface area (Å²) in [5.41, 5.74) is 1.79. The molecular formula is C21H22N4O2. The van der Waals surface area contributed by atoms with Crippen molar-refractivity contribution in [3.63, 3.8) is 0 Å². The van der Waals surface area contributed by atoms with Crippen LogP contribution in [0.15, 0.2) is 48.5 Å². The summed E-state index contributed by atoms with van der Waals surface area (Å²) in [4.78, 5) is 24.0. The lowest BCUT2D eigenvalue weighted by molar-refractivity contribution is 0.0941. The van der Waals surface area contributed by atoms with Crippen LogP contribution in [0.4, 0.5) is 5.82 Å². The van der Waals surface area contributed by atoms with Crippen LogP contribution in [0.25, 0.3) is 10.9 Å². The first-order valence-electron chi connectivity index (χ1n) is 9.17. The Balaban J connectivity index is 1.57. The van der Waals surface area contributed by atoms with E-state index in [1.807, 2.05) is 48.5 Å². The molecule has 1 fully saturated rings. The molecule has 0 aliphatic carbocycles. The molecule has 0 atom stereocenters. The molecule has 0 bridgehead atoms. The fraction of sp³-hybridized carbons (Fsp3) is 0.286. The van der Waals surface area contributed by atoms with Crippen LogP contribution in [0, 0.1) is 0 Å². The average molecular weight is 362 g/mol. The minimum absolute atomic E-state index is 0.212. The van der Waals surface area contributed by atoms with E-state index in [2.05, 4.69) is 20.2 Å². The number of aromatic nitrogens is 2. The van der Waals surface area contributed by atoms with Gasteiger partial charge in [0.15, 0.2) is 0 Å². The number of hydrogen-bond donors (Lipinski definition) is 1. The first kappa shape index (κ1) is 17.3. The van der Waals surface area contributed by atoms with Crippen molar-refractivity contribution in [3.8, 4) is 5.75 Å². The number of nitrogens with one attached hydrogen (secondary N) is 1. The summed E-state index contributed by atoms with van der Waals surface area (Å²) in [6.45, 7) is 2.35. The van der Waals surface area contributed by atoms with Crippen LogP contribution in [-0.4, -0.2) is 36.1 Å². The predicted octanol–water partition coefficient (Wildman–Crippen LogP) is 3.17. The number of rotatable bonds is 5. The van der Waals surface area contributed by atoms with E-state index in [0.29, 0.717) is 6.54 Å². The summed E-state index contributed by atoms with van der Waals surface area (Å²) in [5, 5.41) is 3.90. The molecule has 138 valence electrons. The summed E-state index contributed by atoms with van der Waals surface area (Å²) < 4.78 is 5.15. The summed E-state index contributed by atoms with van der Waals surface area (Å²) in [6.07, 6.45) is 2.30. The van der Waals surface area contributed by atoms with E-state index in [1.165, 1.54) is 0 Å². The van der Waals surface area contributed by atoms with Crippen molar-refractivity contribution in [2.45, 2.75) is 19.4 Å². The Hall–Kier alpha value is -3.15. The first-order valence-corrected chi connectivity index (χ1v) is 9.17. The Morgan fingerprint density at radius 3 is 2.56 bits per heavy atom. The molecule has 2 heterocycles. The van der Waals surface area contributed by atoms with Gasteiger partial charge in [0.1, 0.15) is 11.6 Å². The van der Waals surface area contributed by atoms with Crippen LogP contribution in [0.5, 0.6) is 5.75 Å². The zero-order valence-electron chi connectivity index (χ0n) is 15.3. The van der Waals surface area contributed by atoms with E-state index in [9.17, 15) is 4.79 Å². The number of anilines is 1. The van der Waals surface area contributed by atoms with Gasteiger partial charge >= 0.3 is 0 Å². The quantitative estimate of drug-likeness (QED) is 0.755. The Kier molecular flexibility index (Phi) is 4.87. The van der Waals surface area contributed by atoms with Crippen molar-refractivity contribution in [1.29, 1.82) is 0 Å². The number of nitrogens with zero attached hydrogens (tertiary/aromatic N) is 3. The van der Waals surface area contributed by atoms with Crippen LogP contribution in [-0.2, 0) is 6.54 Å². The molecule has 0 saturated carbocycles. The second-order valence-electron chi connectivity index (χ2n) is 6.61. The summed E-state index contributed by atoms with van der Waals surface area (Å²) in [6, 6.07) is 15.5. The highest BCUT2D eigenvalue weighted by atomic mass is 16.5. The van der Waals surface area contributed by atoms with E-state index < -0.39 is 0 Å². The van der Waals surface area contributed by atoms with E-state index in [4.69, 9.17) is 4.74 Å². The second-order valence-corrected chi connectivity index (χ2v) is 6.61. The van der Waals surface area contributed by atoms with Crippen molar-refractivity contribution in [1.82, 2.24) is 15.3 Å². The van der Waals surface area contributed by atoms with Crippen LogP contribution in [0.1, 0.15) is 29.0 Å². The van der Waals surface area contributed by atoms with Crippen LogP contribution >= 0.6 is 0 Å². The minimum Gasteiger partial charge on any atom is -0.497 e. The molecule has 1 amide bonds. The number of fused-ring (bicyclic) bond motifs is 1. The first-order chi connectivity index (χ1) is 13.2. The maximum absolute atomic E-state index is 12.7. The topological polar surface area (TPSA) is 67.3 Å². The normalized spacial score (nSPS) is 13.7. The molecule has 27 heavy (non-hydrogen) atoms. The lowest BCUT2D eigenvalue weighted by Crippen LogP contribution is -2.27. The fourth-order valence-electron chi connectivity index (χ4n) is 3.34. The third kappa shape index (κ3) is 3.69. The molecule has 0 radical (unpaired) electrons. The Bertz CT molecular complexity index is 950. The monoisotopic (exact) mass is 362 g/mol. The number of carbonyl (C=O) groups is 1. The summed E-state index contributed by atoms with van der Waals surface area (Å²) >= 11 is 0. The number of para-hydroxylation sites is 1. The molecule has 4 rings (SSSR count). The number of benzene rings is 2. The largest absolute Gasteiger partial charge is 0.497 e. The van der Waals surface area contributed by atoms with Gasteiger partial charge in [-0.15, -0.1) is 0 Å². The molecule has 3 aromatic rings. The van der Waals surface area contributed by atoms with Gasteiger partial charge in [-0.25, -0.2) is 9.97 Å². The highest BCUT2D eigenvalue weighted by molar-refractivity contribution is 5.96. The molecule has 6 nitrogen and oxygen atoms in total. The number of amides is 1. The standard InChI is InChI=1S/C21H22N4O2/c1-27-16-10-8-15(9-11-16)14-22-21(26)19-23-18-7-3-2-6-17(18)20(24-19)25-12-4-5-13-25/h2-3,6-11H,4-5,12-14H2,1H3,(H,22,26). The van der Waals surface area contributed by atoms with Gasteiger partial charge in [-0.2, -0.15) is 0 Å². The van der Waals surface area contributed by atoms with Gasteiger partial charge in [-0.1, -0.05) is 24.3 Å². The number of carbonyl (C=O) groups excluding carboxylic acids is 1. The summed E-state index contributed by atoms with van der Waals surface area (Å²) in [7, 11) is 1.63. The maximum atomic E-state index is 12.7. The Morgan fingerprint density at radius 2 is 1.81 bits per heavy atom. The van der Waals surface area contributed by atoms with E-state index >= 15 is 0 Å². The lowest BCUT2D eigenvalue weighted by atomic mass is 10.2. The maximum Gasteiger partial charge on any atom is 0.289 e. The third-order valence-corrected chi connectivity index (χ3v) is 4.80. The van der Waals surface area contributed by atoms with Gasteiger partial charge in [-0.05, 0) is 42.7 Å². The van der Waals surface area contributed by atoms with Crippen molar-refractivity contribution in [2.24, 2.45) is 0 Å². The molecule has 2 aromatic carbocycles. The molecule has 0 unspecified atom stereocenters. The van der Waals surface area contributed by atoms with Gasteiger partial charge in [0.2, 0.25) is 5.82 Å². The molecule has 1 saturated heterocycles. The van der Waals surface area contributed by atoms with E-state index in [1.54, 1.807) is 7.11 Å². The van der Waals surface area contributed by atoms with Crippen LogP contribution < -0.4 is 15.0 Å². The average Bonchev–Trinajstić information content (AvgIpc) is 3.26. The number of ether oxygens (including phenoxy) is 1. The van der Waals surface area contributed by atoms with E-state index in [-0.39, 0.29) is 11.7 Å². The molecule has 1 aliphatic heterocycles. The molecule has 1 N–H and O–H groups in total. The highest BCUT2D eigenvalue weighted by Gasteiger charge is 2.20. The summed E-state index contributed by atoms with van der Waals surface area (Å²) in [5.74, 6) is 1.59. The molecule has 1 aliphatic rings. The zero-order valence-corrected chi connectivity index (χ0v) is 15.3. The Morgan fingerprint density at radius 1 is 1.07 bits per heavy atom. The third-order valence-electron chi connectivity index (χ3n) is 4.80. The van der Waals surface area contributed by atoms with Crippen LogP contribution in [0.3, 0.4) is 0 Å². The molecule has 0 spiro atoms. The minimum atomic E-state index is -0.267. The number of methoxy groups -OCH3 is 1. The highest BCUT2D eigenvalue weighted by Crippen LogP contribution is 2.26. The predicted molar refractivity (Wildman–Crippen MR) is 105 cm³/mol. The smallest absolute Gasteiger partial charge is 0.289 e. The molecule has 1 aromatic heterocycles. The zero-order chi connectivity index (χ0) is 18.6. The molecule has 6 heteroatoms. The Labute approximate surface area is 158 Å². The van der Waals surface area contributed by atoms with Crippen molar-refractivity contribution >= 4 is 22.6 Å². The van der Waals surface area contributed by atoms with Gasteiger partial charge in [-0.3, -0.25) is 4.79 Å². The van der Waals surface area contributed by atoms with E-state index in [0.717, 1.165) is 54.0 Å².